The van der Waals surface area contributed by atoms with Crippen LogP contribution in [-0.4, -0.2) is 41.7 Å². The number of pyridine rings is 1. The second-order valence-electron chi connectivity index (χ2n) is 6.72. The number of rotatable bonds is 5. The van der Waals surface area contributed by atoms with E-state index in [4.69, 9.17) is 9.72 Å². The van der Waals surface area contributed by atoms with Crippen LogP contribution < -0.4 is 15.4 Å². The molecule has 0 saturated carbocycles. The fourth-order valence-electron chi connectivity index (χ4n) is 3.41. The summed E-state index contributed by atoms with van der Waals surface area (Å²) in [5, 5.41) is 6.85. The molecule has 1 atom stereocenters. The molecular weight excluding hydrogens is 345 g/mol. The number of fused-ring (bicyclic) bond motifs is 1. The van der Waals surface area contributed by atoms with Crippen LogP contribution in [0.2, 0.25) is 0 Å². The van der Waals surface area contributed by atoms with Gasteiger partial charge in [0.05, 0.1) is 18.3 Å². The van der Waals surface area contributed by atoms with Crippen molar-refractivity contribution in [2.75, 3.05) is 32.1 Å². The number of ether oxygens (including phenoxy) is 1. The molecular formula is C20H22FN5O. The molecule has 27 heavy (non-hydrogen) atoms. The predicted octanol–water partition coefficient (Wildman–Crippen LogP) is 3.25. The topological polar surface area (TPSA) is 72.0 Å². The predicted molar refractivity (Wildman–Crippen MR) is 103 cm³/mol. The van der Waals surface area contributed by atoms with Gasteiger partial charge in [-0.25, -0.2) is 14.4 Å². The Morgan fingerprint density at radius 2 is 2.15 bits per heavy atom. The van der Waals surface area contributed by atoms with Gasteiger partial charge >= 0.3 is 0 Å². The third-order valence-corrected chi connectivity index (χ3v) is 4.86. The molecule has 7 heteroatoms. The Labute approximate surface area is 157 Å². The summed E-state index contributed by atoms with van der Waals surface area (Å²) in [6.07, 6.45) is 5.68. The van der Waals surface area contributed by atoms with Crippen molar-refractivity contribution in [2.45, 2.75) is 12.8 Å². The van der Waals surface area contributed by atoms with Gasteiger partial charge in [0.2, 0.25) is 0 Å². The van der Waals surface area contributed by atoms with Crippen LogP contribution in [0.1, 0.15) is 12.8 Å². The van der Waals surface area contributed by atoms with Gasteiger partial charge in [-0.3, -0.25) is 4.98 Å². The lowest BCUT2D eigenvalue weighted by atomic mass is 10.00. The number of benzene rings is 1. The summed E-state index contributed by atoms with van der Waals surface area (Å²) < 4.78 is 19.1. The zero-order valence-electron chi connectivity index (χ0n) is 15.2. The average molecular weight is 367 g/mol. The molecule has 3 aromatic rings. The molecule has 0 aliphatic carbocycles. The number of nitrogens with zero attached hydrogens (tertiary/aromatic N) is 3. The first-order chi connectivity index (χ1) is 13.2. The number of anilines is 1. The largest absolute Gasteiger partial charge is 0.494 e. The first kappa shape index (κ1) is 17.6. The van der Waals surface area contributed by atoms with E-state index in [1.807, 2.05) is 6.07 Å². The third kappa shape index (κ3) is 3.83. The lowest BCUT2D eigenvalue weighted by Gasteiger charge is -2.23. The smallest absolute Gasteiger partial charge is 0.165 e. The lowest BCUT2D eigenvalue weighted by molar-refractivity contribution is 0.386. The molecule has 1 aliphatic heterocycles. The van der Waals surface area contributed by atoms with Gasteiger partial charge in [-0.15, -0.1) is 0 Å². The van der Waals surface area contributed by atoms with Crippen molar-refractivity contribution < 1.29 is 9.13 Å². The third-order valence-electron chi connectivity index (χ3n) is 4.86. The van der Waals surface area contributed by atoms with Crippen LogP contribution in [0.15, 0.2) is 36.7 Å². The Hall–Kier alpha value is -2.80. The number of aromatic nitrogens is 3. The van der Waals surface area contributed by atoms with Gasteiger partial charge < -0.3 is 15.4 Å². The first-order valence-electron chi connectivity index (χ1n) is 9.15. The highest BCUT2D eigenvalue weighted by Gasteiger charge is 2.15. The van der Waals surface area contributed by atoms with E-state index in [9.17, 15) is 4.39 Å². The van der Waals surface area contributed by atoms with Gasteiger partial charge in [-0.05, 0) is 56.1 Å². The van der Waals surface area contributed by atoms with Crippen molar-refractivity contribution in [1.82, 2.24) is 20.3 Å². The van der Waals surface area contributed by atoms with Crippen LogP contribution in [0.4, 0.5) is 10.2 Å². The highest BCUT2D eigenvalue weighted by Crippen LogP contribution is 2.28. The standard InChI is InChI=1S/C20H22FN5O/c1-27-18-5-4-14(9-15(18)21)16-10-17-19(24-8-7-23-17)20(26-16)25-12-13-3-2-6-22-11-13/h4-5,7-10,13,22H,2-3,6,11-12H2,1H3,(H,25,26). The minimum absolute atomic E-state index is 0.211. The number of halogens is 1. The van der Waals surface area contributed by atoms with Crippen molar-refractivity contribution in [1.29, 1.82) is 0 Å². The van der Waals surface area contributed by atoms with E-state index in [2.05, 4.69) is 20.6 Å². The fraction of sp³-hybridized carbons (Fsp3) is 0.350. The zero-order valence-corrected chi connectivity index (χ0v) is 15.2. The number of piperidine rings is 1. The molecule has 3 heterocycles. The number of hydrogen-bond acceptors (Lipinski definition) is 6. The SMILES string of the molecule is COc1ccc(-c2cc3nccnc3c(NCC3CCCNC3)n2)cc1F. The van der Waals surface area contributed by atoms with Gasteiger partial charge in [0, 0.05) is 24.5 Å². The molecule has 4 rings (SSSR count). The van der Waals surface area contributed by atoms with E-state index in [-0.39, 0.29) is 5.75 Å². The maximum atomic E-state index is 14.1. The van der Waals surface area contributed by atoms with Gasteiger partial charge in [0.15, 0.2) is 17.4 Å². The summed E-state index contributed by atoms with van der Waals surface area (Å²) >= 11 is 0. The molecule has 6 nitrogen and oxygen atoms in total. The van der Waals surface area contributed by atoms with Crippen LogP contribution in [0.25, 0.3) is 22.3 Å². The maximum absolute atomic E-state index is 14.1. The van der Waals surface area contributed by atoms with E-state index in [1.165, 1.54) is 26.0 Å². The Morgan fingerprint density at radius 3 is 2.93 bits per heavy atom. The minimum Gasteiger partial charge on any atom is -0.494 e. The van der Waals surface area contributed by atoms with Crippen molar-refractivity contribution in [3.8, 4) is 17.0 Å². The summed E-state index contributed by atoms with van der Waals surface area (Å²) in [6, 6.07) is 6.66. The molecule has 0 amide bonds. The van der Waals surface area contributed by atoms with Crippen LogP contribution >= 0.6 is 0 Å². The molecule has 1 saturated heterocycles. The molecule has 0 bridgehead atoms. The van der Waals surface area contributed by atoms with Crippen LogP contribution in [0.3, 0.4) is 0 Å². The highest BCUT2D eigenvalue weighted by molar-refractivity contribution is 5.88. The molecule has 0 radical (unpaired) electrons. The molecule has 1 aromatic carbocycles. The number of hydrogen-bond donors (Lipinski definition) is 2. The van der Waals surface area contributed by atoms with E-state index in [1.54, 1.807) is 24.5 Å². The van der Waals surface area contributed by atoms with Crippen molar-refractivity contribution in [3.05, 3.63) is 42.5 Å². The lowest BCUT2D eigenvalue weighted by Crippen LogP contribution is -2.33. The first-order valence-corrected chi connectivity index (χ1v) is 9.15. The summed E-state index contributed by atoms with van der Waals surface area (Å²) in [5.41, 5.74) is 2.76. The molecule has 1 unspecified atom stereocenters. The quantitative estimate of drug-likeness (QED) is 0.721. The fourth-order valence-corrected chi connectivity index (χ4v) is 3.41. The maximum Gasteiger partial charge on any atom is 0.165 e. The molecule has 1 aliphatic rings. The minimum atomic E-state index is -0.418. The van der Waals surface area contributed by atoms with Gasteiger partial charge in [-0.1, -0.05) is 0 Å². The number of methoxy groups -OCH3 is 1. The number of nitrogens with one attached hydrogen (secondary N) is 2. The summed E-state index contributed by atoms with van der Waals surface area (Å²) in [5.74, 6) is 1.02. The summed E-state index contributed by atoms with van der Waals surface area (Å²) in [4.78, 5) is 13.5. The Kier molecular flexibility index (Phi) is 5.11. The Morgan fingerprint density at radius 1 is 1.26 bits per heavy atom. The van der Waals surface area contributed by atoms with E-state index in [0.29, 0.717) is 23.0 Å². The molecule has 140 valence electrons. The Balaban J connectivity index is 1.68. The van der Waals surface area contributed by atoms with Crippen molar-refractivity contribution >= 4 is 16.9 Å². The van der Waals surface area contributed by atoms with Gasteiger partial charge in [-0.2, -0.15) is 0 Å². The molecule has 1 fully saturated rings. The van der Waals surface area contributed by atoms with Gasteiger partial charge in [0.1, 0.15) is 5.52 Å². The highest BCUT2D eigenvalue weighted by atomic mass is 19.1. The Bertz CT molecular complexity index is 943. The second kappa shape index (κ2) is 7.84. The van der Waals surface area contributed by atoms with Crippen molar-refractivity contribution in [3.63, 3.8) is 0 Å². The van der Waals surface area contributed by atoms with Crippen LogP contribution in [-0.2, 0) is 0 Å². The van der Waals surface area contributed by atoms with Crippen LogP contribution in [0.5, 0.6) is 5.75 Å². The molecule has 0 spiro atoms. The normalized spacial score (nSPS) is 17.0. The molecule has 2 aromatic heterocycles. The average Bonchev–Trinajstić information content (AvgIpc) is 2.72. The van der Waals surface area contributed by atoms with Gasteiger partial charge in [0.25, 0.3) is 0 Å². The van der Waals surface area contributed by atoms with Crippen molar-refractivity contribution in [2.24, 2.45) is 5.92 Å². The monoisotopic (exact) mass is 367 g/mol. The van der Waals surface area contributed by atoms with Crippen LogP contribution in [0, 0.1) is 11.7 Å². The van der Waals surface area contributed by atoms with E-state index >= 15 is 0 Å². The zero-order chi connectivity index (χ0) is 18.6. The summed E-state index contributed by atoms with van der Waals surface area (Å²) in [6.45, 7) is 2.90. The van der Waals surface area contributed by atoms with E-state index in [0.717, 1.165) is 30.7 Å². The van der Waals surface area contributed by atoms with E-state index < -0.39 is 5.82 Å². The molecule has 2 N–H and O–H groups in total. The second-order valence-corrected chi connectivity index (χ2v) is 6.72. The summed E-state index contributed by atoms with van der Waals surface area (Å²) in [7, 11) is 1.45.